The van der Waals surface area contributed by atoms with E-state index in [1.807, 2.05) is 37.3 Å². The summed E-state index contributed by atoms with van der Waals surface area (Å²) in [6.07, 6.45) is 6.68. The van der Waals surface area contributed by atoms with E-state index in [0.29, 0.717) is 5.92 Å². The molecule has 1 aromatic carbocycles. The molecule has 0 amide bonds. The molecular formula is C24H34N4O. The predicted molar refractivity (Wildman–Crippen MR) is 117 cm³/mol. The van der Waals surface area contributed by atoms with Gasteiger partial charge in [-0.1, -0.05) is 30.3 Å². The second kappa shape index (κ2) is 9.23. The van der Waals surface area contributed by atoms with Crippen molar-refractivity contribution in [1.82, 2.24) is 14.9 Å². The van der Waals surface area contributed by atoms with E-state index in [2.05, 4.69) is 16.8 Å². The predicted octanol–water partition coefficient (Wildman–Crippen LogP) is 3.55. The van der Waals surface area contributed by atoms with Crippen molar-refractivity contribution in [2.45, 2.75) is 51.6 Å². The van der Waals surface area contributed by atoms with Crippen LogP contribution in [0, 0.1) is 12.8 Å². The maximum absolute atomic E-state index is 10.5. The second-order valence-corrected chi connectivity index (χ2v) is 8.78. The van der Waals surface area contributed by atoms with E-state index in [-0.39, 0.29) is 0 Å². The number of β-amino-alcohol motifs (C(OH)–C–C–N with tert-alkyl or cyclic N) is 1. The largest absolute Gasteiger partial charge is 0.387 e. The Morgan fingerprint density at radius 1 is 1.10 bits per heavy atom. The lowest BCUT2D eigenvalue weighted by Crippen LogP contribution is -2.40. The summed E-state index contributed by atoms with van der Waals surface area (Å²) in [5.41, 5.74) is 3.67. The first-order valence-corrected chi connectivity index (χ1v) is 11.1. The highest BCUT2D eigenvalue weighted by Gasteiger charge is 2.25. The number of rotatable bonds is 6. The first-order valence-electron chi connectivity index (χ1n) is 11.1. The fraction of sp³-hybridized carbons (Fsp3) is 0.583. The molecule has 2 aliphatic rings. The first-order chi connectivity index (χ1) is 14.1. The molecule has 1 unspecified atom stereocenters. The maximum atomic E-state index is 10.5. The molecule has 5 heteroatoms. The topological polar surface area (TPSA) is 52.5 Å². The zero-order valence-corrected chi connectivity index (χ0v) is 17.8. The van der Waals surface area contributed by atoms with Crippen molar-refractivity contribution in [3.05, 3.63) is 53.0 Å². The van der Waals surface area contributed by atoms with Crippen LogP contribution in [0.25, 0.3) is 0 Å². The molecule has 4 rings (SSSR count). The van der Waals surface area contributed by atoms with Gasteiger partial charge in [0, 0.05) is 31.4 Å². The summed E-state index contributed by atoms with van der Waals surface area (Å²) in [6.45, 7) is 5.92. The van der Waals surface area contributed by atoms with E-state index >= 15 is 0 Å². The summed E-state index contributed by atoms with van der Waals surface area (Å²) >= 11 is 0. The lowest BCUT2D eigenvalue weighted by atomic mass is 9.94. The van der Waals surface area contributed by atoms with Gasteiger partial charge < -0.3 is 14.9 Å². The average Bonchev–Trinajstić information content (AvgIpc) is 2.75. The third-order valence-electron chi connectivity index (χ3n) is 6.49. The van der Waals surface area contributed by atoms with E-state index in [9.17, 15) is 5.11 Å². The molecule has 156 valence electrons. The van der Waals surface area contributed by atoms with Crippen LogP contribution < -0.4 is 4.90 Å². The molecule has 2 aromatic rings. The fourth-order valence-electron chi connectivity index (χ4n) is 4.86. The molecular weight excluding hydrogens is 360 g/mol. The van der Waals surface area contributed by atoms with Gasteiger partial charge in [-0.25, -0.2) is 9.97 Å². The van der Waals surface area contributed by atoms with Crippen LogP contribution in [0.3, 0.4) is 0 Å². The Hall–Kier alpha value is -1.98. The molecule has 0 radical (unpaired) electrons. The Kier molecular flexibility index (Phi) is 6.46. The molecule has 1 saturated heterocycles. The summed E-state index contributed by atoms with van der Waals surface area (Å²) in [6, 6.07) is 10.0. The Balaban J connectivity index is 1.31. The minimum Gasteiger partial charge on any atom is -0.387 e. The van der Waals surface area contributed by atoms with Crippen molar-refractivity contribution in [2.75, 3.05) is 38.1 Å². The van der Waals surface area contributed by atoms with Crippen LogP contribution in [-0.2, 0) is 12.8 Å². The van der Waals surface area contributed by atoms with Gasteiger partial charge in [0.05, 0.1) is 6.10 Å². The number of piperidine rings is 1. The van der Waals surface area contributed by atoms with Crippen molar-refractivity contribution in [2.24, 2.45) is 5.92 Å². The van der Waals surface area contributed by atoms with Gasteiger partial charge in [-0.2, -0.15) is 0 Å². The number of benzene rings is 1. The van der Waals surface area contributed by atoms with Gasteiger partial charge in [0.2, 0.25) is 0 Å². The van der Waals surface area contributed by atoms with Crippen LogP contribution in [0.15, 0.2) is 30.3 Å². The highest BCUT2D eigenvalue weighted by atomic mass is 16.3. The third kappa shape index (κ3) is 4.96. The number of aliphatic hydroxyl groups excluding tert-OH is 1. The first kappa shape index (κ1) is 20.3. The minimum atomic E-state index is -0.397. The van der Waals surface area contributed by atoms with E-state index in [1.165, 1.54) is 36.9 Å². The monoisotopic (exact) mass is 394 g/mol. The lowest BCUT2D eigenvalue weighted by Gasteiger charge is -2.35. The molecule has 1 aliphatic carbocycles. The number of hydrogen-bond donors (Lipinski definition) is 1. The van der Waals surface area contributed by atoms with Gasteiger partial charge >= 0.3 is 0 Å². The molecule has 1 N–H and O–H groups in total. The zero-order valence-electron chi connectivity index (χ0n) is 17.8. The van der Waals surface area contributed by atoms with E-state index < -0.39 is 6.10 Å². The molecule has 1 fully saturated rings. The number of aliphatic hydroxyl groups is 1. The summed E-state index contributed by atoms with van der Waals surface area (Å²) in [5, 5.41) is 10.5. The average molecular weight is 395 g/mol. The molecule has 0 spiro atoms. The van der Waals surface area contributed by atoms with Crippen LogP contribution in [-0.4, -0.2) is 53.2 Å². The molecule has 0 bridgehead atoms. The standard InChI is InChI=1S/C24H34N4O/c1-18-25-22-11-7-6-10-21(22)24(26-18)27(2)16-19-12-14-28(15-13-19)17-23(29)20-8-4-3-5-9-20/h3-5,8-9,19,23,29H,6-7,10-17H2,1-2H3. The number of anilines is 1. The lowest BCUT2D eigenvalue weighted by molar-refractivity contribution is 0.0902. The Bertz CT molecular complexity index is 802. The number of likely N-dealkylation sites (tertiary alicyclic amines) is 1. The fourth-order valence-corrected chi connectivity index (χ4v) is 4.86. The summed E-state index contributed by atoms with van der Waals surface area (Å²) in [4.78, 5) is 14.3. The third-order valence-corrected chi connectivity index (χ3v) is 6.49. The number of fused-ring (bicyclic) bond motifs is 1. The van der Waals surface area contributed by atoms with Crippen LogP contribution in [0.1, 0.15) is 54.4 Å². The normalized spacial score (nSPS) is 19.0. The van der Waals surface area contributed by atoms with Gasteiger partial charge in [0.25, 0.3) is 0 Å². The van der Waals surface area contributed by atoms with Crippen molar-refractivity contribution >= 4 is 5.82 Å². The van der Waals surface area contributed by atoms with Gasteiger partial charge in [0.1, 0.15) is 11.6 Å². The maximum Gasteiger partial charge on any atom is 0.135 e. The SMILES string of the molecule is Cc1nc2c(c(N(C)CC3CCN(CC(O)c4ccccc4)CC3)n1)CCCC2. The molecule has 1 atom stereocenters. The highest BCUT2D eigenvalue weighted by molar-refractivity contribution is 5.49. The van der Waals surface area contributed by atoms with E-state index in [0.717, 1.165) is 56.2 Å². The second-order valence-electron chi connectivity index (χ2n) is 8.78. The molecule has 2 heterocycles. The van der Waals surface area contributed by atoms with E-state index in [4.69, 9.17) is 9.97 Å². The Morgan fingerprint density at radius 2 is 1.83 bits per heavy atom. The highest BCUT2D eigenvalue weighted by Crippen LogP contribution is 2.29. The van der Waals surface area contributed by atoms with Crippen LogP contribution >= 0.6 is 0 Å². The van der Waals surface area contributed by atoms with Crippen LogP contribution in [0.2, 0.25) is 0 Å². The van der Waals surface area contributed by atoms with Gasteiger partial charge in [0.15, 0.2) is 0 Å². The van der Waals surface area contributed by atoms with Crippen LogP contribution in [0.4, 0.5) is 5.82 Å². The summed E-state index contributed by atoms with van der Waals surface area (Å²) < 4.78 is 0. The van der Waals surface area contributed by atoms with Crippen molar-refractivity contribution in [1.29, 1.82) is 0 Å². The van der Waals surface area contributed by atoms with E-state index in [1.54, 1.807) is 0 Å². The number of aromatic nitrogens is 2. The zero-order chi connectivity index (χ0) is 20.2. The summed E-state index contributed by atoms with van der Waals surface area (Å²) in [7, 11) is 2.20. The summed E-state index contributed by atoms with van der Waals surface area (Å²) in [5.74, 6) is 2.74. The van der Waals surface area contributed by atoms with Crippen LogP contribution in [0.5, 0.6) is 0 Å². The smallest absolute Gasteiger partial charge is 0.135 e. The molecule has 1 aliphatic heterocycles. The van der Waals surface area contributed by atoms with Crippen molar-refractivity contribution < 1.29 is 5.11 Å². The molecule has 29 heavy (non-hydrogen) atoms. The van der Waals surface area contributed by atoms with Gasteiger partial charge in [-0.05, 0) is 70.0 Å². The Labute approximate surface area is 174 Å². The number of aryl methyl sites for hydroxylation is 2. The molecule has 1 aromatic heterocycles. The van der Waals surface area contributed by atoms with Crippen molar-refractivity contribution in [3.63, 3.8) is 0 Å². The number of hydrogen-bond acceptors (Lipinski definition) is 5. The minimum absolute atomic E-state index is 0.397. The van der Waals surface area contributed by atoms with Gasteiger partial charge in [-0.15, -0.1) is 0 Å². The van der Waals surface area contributed by atoms with Crippen molar-refractivity contribution in [3.8, 4) is 0 Å². The Morgan fingerprint density at radius 3 is 2.59 bits per heavy atom. The number of nitrogens with zero attached hydrogens (tertiary/aromatic N) is 4. The molecule has 5 nitrogen and oxygen atoms in total. The quantitative estimate of drug-likeness (QED) is 0.812. The molecule has 0 saturated carbocycles. The van der Waals surface area contributed by atoms with Gasteiger partial charge in [-0.3, -0.25) is 0 Å².